The molecule has 8 nitrogen and oxygen atoms in total. The van der Waals surface area contributed by atoms with Gasteiger partial charge in [-0.1, -0.05) is 45.0 Å². The molecule has 3 aromatic carbocycles. The predicted molar refractivity (Wildman–Crippen MR) is 145 cm³/mol. The van der Waals surface area contributed by atoms with Crippen molar-refractivity contribution in [2.24, 2.45) is 5.14 Å². The molecule has 4 rings (SSSR count). The van der Waals surface area contributed by atoms with Gasteiger partial charge in [0.25, 0.3) is 11.7 Å². The molecular formula is C29H30N2O6S. The Morgan fingerprint density at radius 1 is 1.00 bits per heavy atom. The minimum Gasteiger partial charge on any atom is -0.507 e. The van der Waals surface area contributed by atoms with Gasteiger partial charge in [-0.3, -0.25) is 14.5 Å². The largest absolute Gasteiger partial charge is 0.507 e. The lowest BCUT2D eigenvalue weighted by molar-refractivity contribution is -0.132. The monoisotopic (exact) mass is 534 g/mol. The summed E-state index contributed by atoms with van der Waals surface area (Å²) in [4.78, 5) is 28.1. The molecule has 0 spiro atoms. The second-order valence-corrected chi connectivity index (χ2v) is 11.8. The van der Waals surface area contributed by atoms with Gasteiger partial charge >= 0.3 is 0 Å². The van der Waals surface area contributed by atoms with E-state index in [4.69, 9.17) is 9.88 Å². The zero-order valence-corrected chi connectivity index (χ0v) is 22.7. The van der Waals surface area contributed by atoms with Crippen molar-refractivity contribution >= 4 is 33.2 Å². The number of aryl methyl sites for hydroxylation is 1. The lowest BCUT2D eigenvalue weighted by Crippen LogP contribution is -2.29. The maximum absolute atomic E-state index is 13.5. The first-order valence-electron chi connectivity index (χ1n) is 11.9. The van der Waals surface area contributed by atoms with Crippen molar-refractivity contribution < 1.29 is 27.9 Å². The molecule has 1 aliphatic heterocycles. The normalized spacial score (nSPS) is 17.6. The molecule has 1 unspecified atom stereocenters. The van der Waals surface area contributed by atoms with Crippen LogP contribution in [0.4, 0.5) is 5.69 Å². The zero-order chi connectivity index (χ0) is 28.0. The number of nitrogens with zero attached hydrogens (tertiary/aromatic N) is 1. The van der Waals surface area contributed by atoms with Gasteiger partial charge in [0.1, 0.15) is 11.5 Å². The Hall–Kier alpha value is -3.95. The Bertz CT molecular complexity index is 1570. The highest BCUT2D eigenvalue weighted by atomic mass is 32.2. The van der Waals surface area contributed by atoms with Crippen LogP contribution in [0.3, 0.4) is 0 Å². The van der Waals surface area contributed by atoms with Crippen molar-refractivity contribution in [3.05, 3.63) is 94.6 Å². The number of primary sulfonamides is 1. The molecule has 1 amide bonds. The number of Topliss-reactive ketones (excluding diaryl/α,β-unsaturated/α-hetero) is 1. The molecule has 0 radical (unpaired) electrons. The second-order valence-electron chi connectivity index (χ2n) is 10.3. The third-order valence-corrected chi connectivity index (χ3v) is 7.59. The van der Waals surface area contributed by atoms with Gasteiger partial charge in [-0.25, -0.2) is 13.6 Å². The van der Waals surface area contributed by atoms with Crippen LogP contribution in [0.25, 0.3) is 5.76 Å². The standard InChI is InChI=1S/C29H30N2O6S/c1-17-9-10-19(29(2,3)4)16-23(17)26(32)24-25(18-7-6-8-21(15-18)37-5)31(28(34)27(24)33)20-11-13-22(14-12-20)38(30,35)36/h6-16,25,32H,1-5H3,(H2,30,35,36)/b26-24+. The average Bonchev–Trinajstić information content (AvgIpc) is 3.13. The Balaban J connectivity index is 1.98. The quantitative estimate of drug-likeness (QED) is 0.280. The van der Waals surface area contributed by atoms with Gasteiger partial charge in [0, 0.05) is 11.3 Å². The van der Waals surface area contributed by atoms with Crippen LogP contribution in [-0.2, 0) is 25.0 Å². The number of hydrogen-bond acceptors (Lipinski definition) is 6. The van der Waals surface area contributed by atoms with Gasteiger partial charge < -0.3 is 9.84 Å². The maximum Gasteiger partial charge on any atom is 0.300 e. The van der Waals surface area contributed by atoms with E-state index in [1.807, 2.05) is 45.9 Å². The number of anilines is 1. The summed E-state index contributed by atoms with van der Waals surface area (Å²) in [7, 11) is -2.46. The van der Waals surface area contributed by atoms with Gasteiger partial charge in [-0.2, -0.15) is 0 Å². The van der Waals surface area contributed by atoms with Crippen LogP contribution in [-0.4, -0.2) is 32.3 Å². The van der Waals surface area contributed by atoms with Crippen LogP contribution in [0.2, 0.25) is 0 Å². The van der Waals surface area contributed by atoms with Crippen LogP contribution in [0.5, 0.6) is 5.75 Å². The summed E-state index contributed by atoms with van der Waals surface area (Å²) < 4.78 is 28.9. The summed E-state index contributed by atoms with van der Waals surface area (Å²) >= 11 is 0. The molecule has 38 heavy (non-hydrogen) atoms. The van der Waals surface area contributed by atoms with E-state index in [1.165, 1.54) is 36.3 Å². The predicted octanol–water partition coefficient (Wildman–Crippen LogP) is 4.57. The van der Waals surface area contributed by atoms with Crippen molar-refractivity contribution in [2.45, 2.75) is 44.0 Å². The highest BCUT2D eigenvalue weighted by Gasteiger charge is 2.47. The van der Waals surface area contributed by atoms with E-state index in [-0.39, 0.29) is 27.3 Å². The minimum absolute atomic E-state index is 0.0760. The van der Waals surface area contributed by atoms with Crippen molar-refractivity contribution in [1.82, 2.24) is 0 Å². The molecule has 1 heterocycles. The lowest BCUT2D eigenvalue weighted by Gasteiger charge is -2.26. The highest BCUT2D eigenvalue weighted by molar-refractivity contribution is 7.89. The molecule has 1 aliphatic rings. The SMILES string of the molecule is COc1cccc(C2/C(=C(\O)c3cc(C(C)(C)C)ccc3C)C(=O)C(=O)N2c2ccc(S(N)(=O)=O)cc2)c1. The van der Waals surface area contributed by atoms with E-state index in [1.54, 1.807) is 24.3 Å². The fourth-order valence-corrected chi connectivity index (χ4v) is 5.03. The average molecular weight is 535 g/mol. The number of ether oxygens (including phenoxy) is 1. The van der Waals surface area contributed by atoms with Crippen LogP contribution in [0, 0.1) is 6.92 Å². The minimum atomic E-state index is -3.96. The molecule has 0 saturated carbocycles. The maximum atomic E-state index is 13.5. The molecule has 0 aromatic heterocycles. The lowest BCUT2D eigenvalue weighted by atomic mass is 9.84. The van der Waals surface area contributed by atoms with Crippen molar-refractivity contribution in [2.75, 3.05) is 12.0 Å². The molecule has 3 aromatic rings. The van der Waals surface area contributed by atoms with E-state index in [0.29, 0.717) is 16.9 Å². The Morgan fingerprint density at radius 2 is 1.66 bits per heavy atom. The molecule has 9 heteroatoms. The smallest absolute Gasteiger partial charge is 0.300 e. The number of rotatable bonds is 5. The van der Waals surface area contributed by atoms with E-state index in [2.05, 4.69) is 0 Å². The van der Waals surface area contributed by atoms with Gasteiger partial charge in [-0.15, -0.1) is 0 Å². The van der Waals surface area contributed by atoms with E-state index in [9.17, 15) is 23.1 Å². The molecule has 1 saturated heterocycles. The van der Waals surface area contributed by atoms with Crippen molar-refractivity contribution in [1.29, 1.82) is 0 Å². The molecule has 198 valence electrons. The Labute approximate surface area is 222 Å². The molecule has 1 atom stereocenters. The number of aliphatic hydroxyl groups is 1. The summed E-state index contributed by atoms with van der Waals surface area (Å²) in [5.74, 6) is -1.49. The zero-order valence-electron chi connectivity index (χ0n) is 21.8. The first-order valence-corrected chi connectivity index (χ1v) is 13.5. The number of carbonyl (C=O) groups excluding carboxylic acids is 2. The molecule has 0 bridgehead atoms. The Kier molecular flexibility index (Phi) is 6.94. The highest BCUT2D eigenvalue weighted by Crippen LogP contribution is 2.43. The van der Waals surface area contributed by atoms with Crippen molar-refractivity contribution in [3.8, 4) is 5.75 Å². The van der Waals surface area contributed by atoms with Gasteiger partial charge in [0.2, 0.25) is 10.0 Å². The van der Waals surface area contributed by atoms with Gasteiger partial charge in [0.05, 0.1) is 23.6 Å². The number of hydrogen-bond donors (Lipinski definition) is 2. The summed E-state index contributed by atoms with van der Waals surface area (Å²) in [5.41, 5.74) is 2.66. The number of carbonyl (C=O) groups is 2. The van der Waals surface area contributed by atoms with Crippen LogP contribution >= 0.6 is 0 Å². The number of amides is 1. The Morgan fingerprint density at radius 3 is 2.24 bits per heavy atom. The van der Waals surface area contributed by atoms with Crippen LogP contribution in [0.15, 0.2) is 77.2 Å². The molecule has 1 fully saturated rings. The van der Waals surface area contributed by atoms with E-state index in [0.717, 1.165) is 11.1 Å². The number of ketones is 1. The van der Waals surface area contributed by atoms with Crippen LogP contribution in [0.1, 0.15) is 49.1 Å². The fourth-order valence-electron chi connectivity index (χ4n) is 4.51. The topological polar surface area (TPSA) is 127 Å². The number of aliphatic hydroxyl groups excluding tert-OH is 1. The van der Waals surface area contributed by atoms with Crippen molar-refractivity contribution in [3.63, 3.8) is 0 Å². The molecule has 0 aliphatic carbocycles. The fraction of sp³-hybridized carbons (Fsp3) is 0.241. The first kappa shape index (κ1) is 27.1. The molecule has 3 N–H and O–H groups in total. The number of sulfonamides is 1. The van der Waals surface area contributed by atoms with E-state index < -0.39 is 27.8 Å². The number of nitrogens with two attached hydrogens (primary N) is 1. The number of methoxy groups -OCH3 is 1. The third-order valence-electron chi connectivity index (χ3n) is 6.66. The first-order chi connectivity index (χ1) is 17.7. The van der Waals surface area contributed by atoms with Crippen LogP contribution < -0.4 is 14.8 Å². The summed E-state index contributed by atoms with van der Waals surface area (Å²) in [5, 5.41) is 16.8. The van der Waals surface area contributed by atoms with Gasteiger partial charge in [0.15, 0.2) is 0 Å². The van der Waals surface area contributed by atoms with E-state index >= 15 is 0 Å². The summed E-state index contributed by atoms with van der Waals surface area (Å²) in [6.07, 6.45) is 0. The summed E-state index contributed by atoms with van der Waals surface area (Å²) in [6.45, 7) is 7.95. The summed E-state index contributed by atoms with van der Waals surface area (Å²) in [6, 6.07) is 16.9. The second kappa shape index (κ2) is 9.74. The van der Waals surface area contributed by atoms with Gasteiger partial charge in [-0.05, 0) is 71.5 Å². The molecular weight excluding hydrogens is 504 g/mol. The number of benzene rings is 3. The third kappa shape index (κ3) is 4.94.